The molecule has 0 radical (unpaired) electrons. The highest BCUT2D eigenvalue weighted by Gasteiger charge is 2.24. The molecule has 0 atom stereocenters. The summed E-state index contributed by atoms with van der Waals surface area (Å²) in [5, 5.41) is 0. The highest BCUT2D eigenvalue weighted by molar-refractivity contribution is 7.99. The van der Waals surface area contributed by atoms with Crippen molar-refractivity contribution in [2.75, 3.05) is 11.5 Å². The van der Waals surface area contributed by atoms with E-state index in [1.807, 2.05) is 0 Å². The predicted octanol–water partition coefficient (Wildman–Crippen LogP) is 0.427. The van der Waals surface area contributed by atoms with Crippen LogP contribution in [0.25, 0.3) is 0 Å². The molecule has 0 N–H and O–H groups in total. The molecule has 0 aliphatic carbocycles. The molecule has 1 aliphatic heterocycles. The van der Waals surface area contributed by atoms with Crippen molar-refractivity contribution in [3.63, 3.8) is 0 Å². The van der Waals surface area contributed by atoms with Crippen LogP contribution >= 0.6 is 11.8 Å². The zero-order chi connectivity index (χ0) is 18.1. The minimum absolute atomic E-state index is 0.115. The summed E-state index contributed by atoms with van der Waals surface area (Å²) in [4.78, 5) is 48.5. The van der Waals surface area contributed by atoms with Crippen molar-refractivity contribution in [3.8, 4) is 0 Å². The summed E-state index contributed by atoms with van der Waals surface area (Å²) in [6.45, 7) is 2.93. The Labute approximate surface area is 147 Å². The van der Waals surface area contributed by atoms with Crippen LogP contribution in [-0.4, -0.2) is 32.5 Å². The number of hydrogen-bond donors (Lipinski definition) is 0. The van der Waals surface area contributed by atoms with E-state index in [2.05, 4.69) is 0 Å². The maximum atomic E-state index is 12.4. The summed E-state index contributed by atoms with van der Waals surface area (Å²) in [6.07, 6.45) is 0.425. The van der Waals surface area contributed by atoms with Crippen LogP contribution in [0.2, 0.25) is 0 Å². The number of cyclic esters (lactones) is 2. The van der Waals surface area contributed by atoms with Crippen LogP contribution in [0.1, 0.15) is 35.4 Å². The van der Waals surface area contributed by atoms with Crippen LogP contribution in [0.15, 0.2) is 9.59 Å². The van der Waals surface area contributed by atoms with E-state index in [4.69, 9.17) is 9.47 Å². The largest absolute Gasteiger partial charge is 0.459 e. The van der Waals surface area contributed by atoms with Crippen molar-refractivity contribution in [1.82, 2.24) is 9.03 Å². The lowest BCUT2D eigenvalue weighted by atomic mass is 10.2. The van der Waals surface area contributed by atoms with Gasteiger partial charge in [0.1, 0.15) is 13.2 Å². The Bertz CT molecular complexity index is 873. The number of rotatable bonds is 0. The van der Waals surface area contributed by atoms with Gasteiger partial charge < -0.3 is 9.47 Å². The molecule has 0 bridgehead atoms. The average molecular weight is 366 g/mol. The third-order valence-electron chi connectivity index (χ3n) is 4.24. The summed E-state index contributed by atoms with van der Waals surface area (Å²) < 4.78 is 12.9. The normalized spacial score (nSPS) is 17.2. The summed E-state index contributed by atoms with van der Waals surface area (Å²) in [6, 6.07) is 0. The summed E-state index contributed by atoms with van der Waals surface area (Å²) in [5.41, 5.74) is 0.574. The van der Waals surface area contributed by atoms with Crippen LogP contribution < -0.4 is 11.1 Å². The van der Waals surface area contributed by atoms with Gasteiger partial charge in [0.05, 0.1) is 24.2 Å². The van der Waals surface area contributed by atoms with E-state index in [9.17, 15) is 19.2 Å². The first kappa shape index (κ1) is 17.5. The first-order valence-corrected chi connectivity index (χ1v) is 9.04. The molecule has 134 valence electrons. The van der Waals surface area contributed by atoms with Crippen LogP contribution in [0.3, 0.4) is 0 Å². The molecule has 0 saturated heterocycles. The SMILES string of the molecule is Cc1c2n3c(c(C)c(=O)n3c1=O)COC(=O)CCSCCC(=O)OC2. The molecule has 0 saturated carbocycles. The fourth-order valence-corrected chi connectivity index (χ4v) is 3.58. The summed E-state index contributed by atoms with van der Waals surface area (Å²) in [5.74, 6) is 0.320. The van der Waals surface area contributed by atoms with E-state index >= 15 is 0 Å². The van der Waals surface area contributed by atoms with Crippen LogP contribution in [-0.2, 0) is 32.3 Å². The Morgan fingerprint density at radius 3 is 1.64 bits per heavy atom. The topological polar surface area (TPSA) is 95.6 Å². The second-order valence-electron chi connectivity index (χ2n) is 5.81. The third kappa shape index (κ3) is 3.15. The van der Waals surface area contributed by atoms with Crippen molar-refractivity contribution in [2.45, 2.75) is 39.9 Å². The van der Waals surface area contributed by atoms with Gasteiger partial charge in [0.2, 0.25) is 0 Å². The maximum Gasteiger partial charge on any atom is 0.307 e. The molecule has 3 rings (SSSR count). The molecule has 0 amide bonds. The zero-order valence-electron chi connectivity index (χ0n) is 14.0. The highest BCUT2D eigenvalue weighted by Crippen LogP contribution is 2.15. The van der Waals surface area contributed by atoms with Gasteiger partial charge in [0.15, 0.2) is 0 Å². The monoisotopic (exact) mass is 366 g/mol. The Morgan fingerprint density at radius 2 is 1.20 bits per heavy atom. The fourth-order valence-electron chi connectivity index (χ4n) is 2.75. The first-order chi connectivity index (χ1) is 11.9. The molecular weight excluding hydrogens is 348 g/mol. The van der Waals surface area contributed by atoms with E-state index in [0.29, 0.717) is 34.0 Å². The van der Waals surface area contributed by atoms with E-state index in [-0.39, 0.29) is 38.0 Å². The van der Waals surface area contributed by atoms with Gasteiger partial charge in [-0.3, -0.25) is 19.2 Å². The van der Waals surface area contributed by atoms with Crippen molar-refractivity contribution >= 4 is 23.7 Å². The molecule has 9 heteroatoms. The third-order valence-corrected chi connectivity index (χ3v) is 5.23. The summed E-state index contributed by atoms with van der Waals surface area (Å²) in [7, 11) is 0. The molecule has 25 heavy (non-hydrogen) atoms. The van der Waals surface area contributed by atoms with Gasteiger partial charge in [-0.25, -0.2) is 4.52 Å². The molecule has 8 nitrogen and oxygen atoms in total. The van der Waals surface area contributed by atoms with Gasteiger partial charge in [-0.2, -0.15) is 16.3 Å². The number of esters is 2. The van der Waals surface area contributed by atoms with Crippen molar-refractivity contribution in [1.29, 1.82) is 0 Å². The minimum Gasteiger partial charge on any atom is -0.459 e. The summed E-state index contributed by atoms with van der Waals surface area (Å²) >= 11 is 1.47. The Kier molecular flexibility index (Phi) is 4.85. The Balaban J connectivity index is 2.11. The van der Waals surface area contributed by atoms with Gasteiger partial charge in [-0.1, -0.05) is 0 Å². The second kappa shape index (κ2) is 6.91. The van der Waals surface area contributed by atoms with Gasteiger partial charge in [0, 0.05) is 22.6 Å². The number of ether oxygens (including phenoxy) is 2. The van der Waals surface area contributed by atoms with E-state index in [0.717, 1.165) is 4.52 Å². The number of thioether (sulfide) groups is 1. The molecule has 2 aromatic heterocycles. The number of hydrogen-bond acceptors (Lipinski definition) is 7. The molecular formula is C16H18N2O6S. The van der Waals surface area contributed by atoms with Gasteiger partial charge in [0.25, 0.3) is 11.1 Å². The van der Waals surface area contributed by atoms with Crippen molar-refractivity contribution in [3.05, 3.63) is 43.2 Å². The number of nitrogens with zero attached hydrogens (tertiary/aromatic N) is 2. The molecule has 0 unspecified atom stereocenters. The quantitative estimate of drug-likeness (QED) is 0.624. The molecule has 0 spiro atoms. The maximum absolute atomic E-state index is 12.4. The lowest BCUT2D eigenvalue weighted by molar-refractivity contribution is -0.145. The second-order valence-corrected chi connectivity index (χ2v) is 7.04. The molecule has 0 fully saturated rings. The van der Waals surface area contributed by atoms with E-state index in [1.54, 1.807) is 13.8 Å². The van der Waals surface area contributed by atoms with Crippen LogP contribution in [0.5, 0.6) is 0 Å². The number of aromatic nitrogens is 2. The molecule has 0 aromatic carbocycles. The smallest absolute Gasteiger partial charge is 0.307 e. The lowest BCUT2D eigenvalue weighted by Gasteiger charge is -2.10. The van der Waals surface area contributed by atoms with Crippen LogP contribution in [0, 0.1) is 13.8 Å². The fraction of sp³-hybridized carbons (Fsp3) is 0.500. The van der Waals surface area contributed by atoms with Gasteiger partial charge >= 0.3 is 11.9 Å². The van der Waals surface area contributed by atoms with Crippen molar-refractivity contribution < 1.29 is 19.1 Å². The number of carbonyl (C=O) groups is 2. The standard InChI is InChI=1S/C16H18N2O6S/c1-9-11-7-23-13(19)3-5-25-6-4-14(20)24-8-12-10(2)16(22)18(15(9)21)17(11)12/h3-8H2,1-2H3. The first-order valence-electron chi connectivity index (χ1n) is 7.89. The zero-order valence-corrected chi connectivity index (χ0v) is 14.8. The van der Waals surface area contributed by atoms with Gasteiger partial charge in [-0.15, -0.1) is 0 Å². The average Bonchev–Trinajstić information content (AvgIpc) is 2.96. The molecule has 1 aliphatic rings. The Hall–Kier alpha value is -2.29. The Morgan fingerprint density at radius 1 is 0.760 bits per heavy atom. The van der Waals surface area contributed by atoms with E-state index in [1.165, 1.54) is 16.3 Å². The predicted molar refractivity (Wildman–Crippen MR) is 90.2 cm³/mol. The molecule has 2 aromatic rings. The molecule has 3 heterocycles. The van der Waals surface area contributed by atoms with E-state index < -0.39 is 11.1 Å². The minimum atomic E-state index is -0.461. The van der Waals surface area contributed by atoms with Crippen molar-refractivity contribution in [2.24, 2.45) is 0 Å². The number of carbonyl (C=O) groups excluding carboxylic acids is 2. The lowest BCUT2D eigenvalue weighted by Crippen LogP contribution is -2.23. The van der Waals surface area contributed by atoms with Crippen LogP contribution in [0.4, 0.5) is 0 Å². The highest BCUT2D eigenvalue weighted by atomic mass is 32.2. The van der Waals surface area contributed by atoms with Gasteiger partial charge in [-0.05, 0) is 13.8 Å².